The van der Waals surface area contributed by atoms with Crippen LogP contribution in [0.15, 0.2) is 0 Å². The highest BCUT2D eigenvalue weighted by Gasteiger charge is 2.07. The van der Waals surface area contributed by atoms with Crippen LogP contribution in [0.25, 0.3) is 0 Å². The van der Waals surface area contributed by atoms with Crippen molar-refractivity contribution in [1.82, 2.24) is 0 Å². The van der Waals surface area contributed by atoms with Gasteiger partial charge in [0.2, 0.25) is 0 Å². The molecule has 0 aromatic heterocycles. The first-order valence-electron chi connectivity index (χ1n) is 2.98. The smallest absolute Gasteiger partial charge is 0.101 e. The third-order valence-electron chi connectivity index (χ3n) is 0.899. The minimum atomic E-state index is -0.366. The Bertz CT molecular complexity index is 60.1. The molecule has 0 aromatic rings. The molecule has 0 heterocycles. The molecule has 0 N–H and O–H groups in total. The maximum Gasteiger partial charge on any atom is 0.101 e. The number of rotatable bonds is 4. The van der Waals surface area contributed by atoms with Gasteiger partial charge in [-0.05, 0) is 0 Å². The van der Waals surface area contributed by atoms with Gasteiger partial charge in [-0.2, -0.15) is 11.8 Å². The third-order valence-corrected chi connectivity index (χ3v) is 2.08. The molecule has 56 valence electrons. The van der Waals surface area contributed by atoms with E-state index in [1.54, 1.807) is 13.8 Å². The molecule has 0 amide bonds. The zero-order valence-corrected chi connectivity index (χ0v) is 6.55. The lowest BCUT2D eigenvalue weighted by atomic mass is 10.5. The van der Waals surface area contributed by atoms with Gasteiger partial charge in [0.15, 0.2) is 0 Å². The van der Waals surface area contributed by atoms with E-state index in [0.29, 0.717) is 0 Å². The van der Waals surface area contributed by atoms with E-state index in [4.69, 9.17) is 0 Å². The molecule has 2 unspecified atom stereocenters. The molecule has 0 nitrogen and oxygen atoms in total. The molecule has 0 radical (unpaired) electrons. The lowest BCUT2D eigenvalue weighted by Gasteiger charge is -2.09. The molecule has 0 aromatic carbocycles. The van der Waals surface area contributed by atoms with Gasteiger partial charge in [0, 0.05) is 10.5 Å². The Kier molecular flexibility index (Phi) is 5.15. The van der Waals surface area contributed by atoms with Crippen molar-refractivity contribution in [1.29, 1.82) is 0 Å². The van der Waals surface area contributed by atoms with Crippen LogP contribution in [0.4, 0.5) is 8.78 Å². The normalized spacial score (nSPS) is 17.3. The first-order chi connectivity index (χ1) is 4.20. The lowest BCUT2D eigenvalue weighted by Crippen LogP contribution is -2.07. The molecule has 0 aliphatic heterocycles. The van der Waals surface area contributed by atoms with Crippen molar-refractivity contribution < 1.29 is 8.78 Å². The Hall–Kier alpha value is 0.210. The highest BCUT2D eigenvalue weighted by molar-refractivity contribution is 8.00. The van der Waals surface area contributed by atoms with Gasteiger partial charge in [0.1, 0.15) is 13.3 Å². The first kappa shape index (κ1) is 9.21. The van der Waals surface area contributed by atoms with Gasteiger partial charge < -0.3 is 0 Å². The zero-order chi connectivity index (χ0) is 7.28. The van der Waals surface area contributed by atoms with E-state index in [2.05, 4.69) is 0 Å². The number of hydrogen-bond donors (Lipinski definition) is 0. The van der Waals surface area contributed by atoms with Gasteiger partial charge in [0.05, 0.1) is 0 Å². The molecule has 0 aliphatic carbocycles. The highest BCUT2D eigenvalue weighted by Crippen LogP contribution is 2.17. The Labute approximate surface area is 59.0 Å². The van der Waals surface area contributed by atoms with Gasteiger partial charge in [-0.3, -0.25) is 0 Å². The molecule has 3 heteroatoms. The summed E-state index contributed by atoms with van der Waals surface area (Å²) < 4.78 is 23.5. The summed E-state index contributed by atoms with van der Waals surface area (Å²) in [6.45, 7) is 2.79. The fraction of sp³-hybridized carbons (Fsp3) is 1.00. The van der Waals surface area contributed by atoms with E-state index in [0.717, 1.165) is 0 Å². The number of halogens is 2. The summed E-state index contributed by atoms with van der Waals surface area (Å²) >= 11 is 1.35. The van der Waals surface area contributed by atoms with Gasteiger partial charge in [0.25, 0.3) is 0 Å². The monoisotopic (exact) mass is 154 g/mol. The second kappa shape index (κ2) is 5.03. The Balaban J connectivity index is 3.22. The Morgan fingerprint density at radius 3 is 1.67 bits per heavy atom. The van der Waals surface area contributed by atoms with E-state index in [1.165, 1.54) is 11.8 Å². The second-order valence-electron chi connectivity index (χ2n) is 2.07. The van der Waals surface area contributed by atoms with E-state index >= 15 is 0 Å². The van der Waals surface area contributed by atoms with Crippen LogP contribution in [0.1, 0.15) is 13.8 Å². The molecular weight excluding hydrogens is 142 g/mol. The molecule has 2 atom stereocenters. The maximum atomic E-state index is 11.7. The molecule has 0 bridgehead atoms. The van der Waals surface area contributed by atoms with Crippen molar-refractivity contribution in [2.75, 3.05) is 13.3 Å². The number of thioether (sulfide) groups is 1. The molecule has 0 saturated carbocycles. The molecule has 9 heavy (non-hydrogen) atoms. The van der Waals surface area contributed by atoms with Crippen molar-refractivity contribution in [3.8, 4) is 0 Å². The summed E-state index contributed by atoms with van der Waals surface area (Å²) in [6, 6.07) is 0. The van der Waals surface area contributed by atoms with E-state index in [-0.39, 0.29) is 23.8 Å². The summed E-state index contributed by atoms with van der Waals surface area (Å²) in [7, 11) is 0. The molecular formula is C6H12F2S. The van der Waals surface area contributed by atoms with Gasteiger partial charge in [-0.25, -0.2) is 8.78 Å². The van der Waals surface area contributed by atoms with Crippen molar-refractivity contribution >= 4 is 11.8 Å². The number of hydrogen-bond acceptors (Lipinski definition) is 1. The minimum Gasteiger partial charge on any atom is -0.250 e. The second-order valence-corrected chi connectivity index (χ2v) is 3.95. The van der Waals surface area contributed by atoms with Crippen molar-refractivity contribution in [3.63, 3.8) is 0 Å². The lowest BCUT2D eigenvalue weighted by molar-refractivity contribution is 0.481. The zero-order valence-electron chi connectivity index (χ0n) is 5.73. The molecule has 0 saturated heterocycles. The van der Waals surface area contributed by atoms with Crippen LogP contribution >= 0.6 is 11.8 Å². The number of alkyl halides is 2. The van der Waals surface area contributed by atoms with Crippen molar-refractivity contribution in [2.45, 2.75) is 24.3 Å². The van der Waals surface area contributed by atoms with Crippen LogP contribution in [0.5, 0.6) is 0 Å². The van der Waals surface area contributed by atoms with Crippen molar-refractivity contribution in [2.24, 2.45) is 0 Å². The highest BCUT2D eigenvalue weighted by atomic mass is 32.2. The Morgan fingerprint density at radius 2 is 1.44 bits per heavy atom. The van der Waals surface area contributed by atoms with Crippen LogP contribution in [0.2, 0.25) is 0 Å². The summed E-state index contributed by atoms with van der Waals surface area (Å²) in [5.74, 6) is 0. The SMILES string of the molecule is CC(CF)SC(C)CF. The average Bonchev–Trinajstić information content (AvgIpc) is 1.87. The van der Waals surface area contributed by atoms with Crippen LogP contribution in [0.3, 0.4) is 0 Å². The average molecular weight is 154 g/mol. The molecule has 0 spiro atoms. The molecule has 0 rings (SSSR count). The predicted octanol–water partition coefficient (Wildman–Crippen LogP) is 2.44. The van der Waals surface area contributed by atoms with Crippen LogP contribution in [-0.2, 0) is 0 Å². The summed E-state index contributed by atoms with van der Waals surface area (Å²) in [6.07, 6.45) is 0. The third kappa shape index (κ3) is 4.70. The van der Waals surface area contributed by atoms with Crippen LogP contribution < -0.4 is 0 Å². The van der Waals surface area contributed by atoms with Gasteiger partial charge in [-0.15, -0.1) is 0 Å². The van der Waals surface area contributed by atoms with E-state index in [1.807, 2.05) is 0 Å². The summed E-state index contributed by atoms with van der Waals surface area (Å²) in [5.41, 5.74) is 0. The fourth-order valence-corrected chi connectivity index (χ4v) is 1.41. The van der Waals surface area contributed by atoms with Gasteiger partial charge in [-0.1, -0.05) is 13.8 Å². The largest absolute Gasteiger partial charge is 0.250 e. The topological polar surface area (TPSA) is 0 Å². The quantitative estimate of drug-likeness (QED) is 0.599. The standard InChI is InChI=1S/C6H12F2S/c1-5(3-7)9-6(2)4-8/h5-6H,3-4H2,1-2H3. The summed E-state index contributed by atoms with van der Waals surface area (Å²) in [4.78, 5) is 0. The maximum absolute atomic E-state index is 11.7. The Morgan fingerprint density at radius 1 is 1.11 bits per heavy atom. The minimum absolute atomic E-state index is 0.0595. The fourth-order valence-electron chi connectivity index (χ4n) is 0.469. The predicted molar refractivity (Wildman–Crippen MR) is 38.5 cm³/mol. The van der Waals surface area contributed by atoms with E-state index in [9.17, 15) is 8.78 Å². The first-order valence-corrected chi connectivity index (χ1v) is 3.92. The summed E-state index contributed by atoms with van der Waals surface area (Å²) in [5, 5.41) is -0.119. The molecule has 0 aliphatic rings. The van der Waals surface area contributed by atoms with Crippen LogP contribution in [0, 0.1) is 0 Å². The van der Waals surface area contributed by atoms with E-state index < -0.39 is 0 Å². The van der Waals surface area contributed by atoms with Gasteiger partial charge >= 0.3 is 0 Å². The molecule has 0 fully saturated rings. The van der Waals surface area contributed by atoms with Crippen LogP contribution in [-0.4, -0.2) is 23.8 Å². The van der Waals surface area contributed by atoms with Crippen molar-refractivity contribution in [3.05, 3.63) is 0 Å².